The second-order valence-electron chi connectivity index (χ2n) is 7.61. The first-order valence-electron chi connectivity index (χ1n) is 10.00. The summed E-state index contributed by atoms with van der Waals surface area (Å²) in [6, 6.07) is 5.63. The highest BCUT2D eigenvalue weighted by molar-refractivity contribution is 7.09. The molecular weight excluding hydrogens is 402 g/mol. The fraction of sp³-hybridized carbons (Fsp3) is 0.429. The van der Waals surface area contributed by atoms with Gasteiger partial charge in [0.2, 0.25) is 5.91 Å². The molecule has 30 heavy (non-hydrogen) atoms. The van der Waals surface area contributed by atoms with Crippen LogP contribution in [0.25, 0.3) is 0 Å². The van der Waals surface area contributed by atoms with Crippen LogP contribution in [0.3, 0.4) is 0 Å². The quantitative estimate of drug-likeness (QED) is 0.607. The minimum atomic E-state index is -0.316. The van der Waals surface area contributed by atoms with Crippen LogP contribution in [-0.2, 0) is 22.4 Å². The number of amides is 3. The average Bonchev–Trinajstić information content (AvgIpc) is 3.10. The molecule has 8 nitrogen and oxygen atoms in total. The highest BCUT2D eigenvalue weighted by atomic mass is 32.1. The molecule has 0 fully saturated rings. The van der Waals surface area contributed by atoms with Gasteiger partial charge in [-0.15, -0.1) is 11.3 Å². The van der Waals surface area contributed by atoms with Gasteiger partial charge in [-0.2, -0.15) is 0 Å². The maximum absolute atomic E-state index is 12.5. The summed E-state index contributed by atoms with van der Waals surface area (Å²) in [7, 11) is 0. The molecule has 2 aromatic rings. The summed E-state index contributed by atoms with van der Waals surface area (Å²) < 4.78 is 0. The van der Waals surface area contributed by atoms with Crippen LogP contribution in [0.1, 0.15) is 46.9 Å². The van der Waals surface area contributed by atoms with Gasteiger partial charge in [-0.1, -0.05) is 6.07 Å². The third-order valence-electron chi connectivity index (χ3n) is 4.67. The zero-order chi connectivity index (χ0) is 21.7. The van der Waals surface area contributed by atoms with Crippen molar-refractivity contribution in [2.75, 3.05) is 18.0 Å². The van der Waals surface area contributed by atoms with Gasteiger partial charge in [0.1, 0.15) is 5.01 Å². The normalized spacial score (nSPS) is 13.0. The van der Waals surface area contributed by atoms with Crippen molar-refractivity contribution in [2.45, 2.75) is 46.1 Å². The van der Waals surface area contributed by atoms with Crippen LogP contribution < -0.4 is 21.1 Å². The molecule has 160 valence electrons. The number of aryl methyl sites for hydroxylation is 1. The molecule has 0 bridgehead atoms. The lowest BCUT2D eigenvalue weighted by Gasteiger charge is -2.32. The van der Waals surface area contributed by atoms with Gasteiger partial charge in [-0.25, -0.2) is 4.98 Å². The number of aromatic nitrogens is 1. The zero-order valence-corrected chi connectivity index (χ0v) is 18.3. The molecule has 1 aliphatic rings. The van der Waals surface area contributed by atoms with Crippen LogP contribution in [-0.4, -0.2) is 41.8 Å². The third-order valence-corrected chi connectivity index (χ3v) is 5.63. The van der Waals surface area contributed by atoms with Gasteiger partial charge < -0.3 is 10.2 Å². The fourth-order valence-corrected chi connectivity index (χ4v) is 4.21. The van der Waals surface area contributed by atoms with E-state index >= 15 is 0 Å². The Morgan fingerprint density at radius 3 is 2.67 bits per heavy atom. The summed E-state index contributed by atoms with van der Waals surface area (Å²) in [6.07, 6.45) is 1.76. The lowest BCUT2D eigenvalue weighted by atomic mass is 9.95. The van der Waals surface area contributed by atoms with Gasteiger partial charge in [-0.3, -0.25) is 25.2 Å². The summed E-state index contributed by atoms with van der Waals surface area (Å²) in [4.78, 5) is 43.1. The van der Waals surface area contributed by atoms with E-state index in [1.54, 1.807) is 0 Å². The van der Waals surface area contributed by atoms with E-state index in [2.05, 4.69) is 21.2 Å². The number of hydrogen-bond acceptors (Lipinski definition) is 6. The molecule has 0 unspecified atom stereocenters. The Morgan fingerprint density at radius 2 is 1.97 bits per heavy atom. The van der Waals surface area contributed by atoms with Crippen LogP contribution in [0.2, 0.25) is 0 Å². The predicted molar refractivity (Wildman–Crippen MR) is 116 cm³/mol. The maximum Gasteiger partial charge on any atom is 0.257 e. The number of benzene rings is 1. The highest BCUT2D eigenvalue weighted by Gasteiger charge is 2.24. The molecule has 9 heteroatoms. The Labute approximate surface area is 180 Å². The second-order valence-corrected chi connectivity index (χ2v) is 8.55. The topological polar surface area (TPSA) is 103 Å². The van der Waals surface area contributed by atoms with E-state index in [1.165, 1.54) is 11.3 Å². The van der Waals surface area contributed by atoms with Crippen molar-refractivity contribution in [3.05, 3.63) is 45.4 Å². The van der Waals surface area contributed by atoms with Crippen molar-refractivity contribution in [3.63, 3.8) is 0 Å². The van der Waals surface area contributed by atoms with Crippen LogP contribution in [0.15, 0.2) is 23.6 Å². The lowest BCUT2D eigenvalue weighted by Crippen LogP contribution is -2.48. The Kier molecular flexibility index (Phi) is 7.04. The number of fused-ring (bicyclic) bond motifs is 1. The van der Waals surface area contributed by atoms with E-state index in [1.807, 2.05) is 49.3 Å². The molecule has 0 saturated carbocycles. The lowest BCUT2D eigenvalue weighted by molar-refractivity contribution is -0.127. The molecule has 0 saturated heterocycles. The van der Waals surface area contributed by atoms with E-state index in [0.29, 0.717) is 17.1 Å². The van der Waals surface area contributed by atoms with E-state index in [9.17, 15) is 14.4 Å². The smallest absolute Gasteiger partial charge is 0.257 e. The highest BCUT2D eigenvalue weighted by Crippen LogP contribution is 2.29. The first-order chi connectivity index (χ1) is 14.3. The predicted octanol–water partition coefficient (Wildman–Crippen LogP) is 1.73. The summed E-state index contributed by atoms with van der Waals surface area (Å²) in [5, 5.41) is 5.52. The van der Waals surface area contributed by atoms with E-state index in [-0.39, 0.29) is 36.7 Å². The Balaban J connectivity index is 1.59. The molecule has 3 N–H and O–H groups in total. The molecule has 1 aromatic heterocycles. The standard InChI is InChI=1S/C21H27N5O3S/c1-13(2)22-21(29)16-6-4-8-17-15(16)7-5-9-26(17)11-19(28)25-24-18(27)10-20-23-14(3)12-30-20/h4,6,8,12-13H,5,7,9-11H2,1-3H3,(H,22,29)(H,24,27)(H,25,28). The minimum Gasteiger partial charge on any atom is -0.362 e. The third kappa shape index (κ3) is 5.56. The number of rotatable bonds is 6. The Bertz CT molecular complexity index is 940. The number of hydrogen-bond donors (Lipinski definition) is 3. The minimum absolute atomic E-state index is 0.0516. The van der Waals surface area contributed by atoms with Crippen LogP contribution in [0, 0.1) is 6.92 Å². The molecular formula is C21H27N5O3S. The van der Waals surface area contributed by atoms with Crippen LogP contribution >= 0.6 is 11.3 Å². The van der Waals surface area contributed by atoms with E-state index < -0.39 is 0 Å². The summed E-state index contributed by atoms with van der Waals surface area (Å²) in [5.41, 5.74) is 8.28. The van der Waals surface area contributed by atoms with Crippen molar-refractivity contribution < 1.29 is 14.4 Å². The number of nitrogens with zero attached hydrogens (tertiary/aromatic N) is 2. The summed E-state index contributed by atoms with van der Waals surface area (Å²) in [5.74, 6) is -0.731. The van der Waals surface area contributed by atoms with Gasteiger partial charge in [-0.05, 0) is 51.3 Å². The van der Waals surface area contributed by atoms with E-state index in [0.717, 1.165) is 29.8 Å². The zero-order valence-electron chi connectivity index (χ0n) is 17.4. The second kappa shape index (κ2) is 9.71. The Hall–Kier alpha value is -2.94. The first kappa shape index (κ1) is 21.8. The van der Waals surface area contributed by atoms with Crippen molar-refractivity contribution in [1.82, 2.24) is 21.2 Å². The largest absolute Gasteiger partial charge is 0.362 e. The number of anilines is 1. The molecule has 3 rings (SSSR count). The molecule has 0 aliphatic carbocycles. The molecule has 0 atom stereocenters. The van der Waals surface area contributed by atoms with Gasteiger partial charge >= 0.3 is 0 Å². The van der Waals surface area contributed by atoms with Crippen molar-refractivity contribution in [1.29, 1.82) is 0 Å². The van der Waals surface area contributed by atoms with Gasteiger partial charge in [0.05, 0.1) is 13.0 Å². The number of carbonyl (C=O) groups is 3. The molecule has 3 amide bonds. The summed E-state index contributed by atoms with van der Waals surface area (Å²) in [6.45, 7) is 6.52. The number of nitrogens with one attached hydrogen (secondary N) is 3. The Morgan fingerprint density at radius 1 is 1.20 bits per heavy atom. The van der Waals surface area contributed by atoms with Crippen molar-refractivity contribution in [3.8, 4) is 0 Å². The number of thiazole rings is 1. The maximum atomic E-state index is 12.5. The van der Waals surface area contributed by atoms with E-state index in [4.69, 9.17) is 0 Å². The van der Waals surface area contributed by atoms with Crippen molar-refractivity contribution >= 4 is 34.7 Å². The van der Waals surface area contributed by atoms with Crippen LogP contribution in [0.5, 0.6) is 0 Å². The summed E-state index contributed by atoms with van der Waals surface area (Å²) >= 11 is 1.41. The van der Waals surface area contributed by atoms with Crippen LogP contribution in [0.4, 0.5) is 5.69 Å². The molecule has 1 aromatic carbocycles. The number of carbonyl (C=O) groups excluding carboxylic acids is 3. The molecule has 0 radical (unpaired) electrons. The molecule has 0 spiro atoms. The van der Waals surface area contributed by atoms with Crippen molar-refractivity contribution in [2.24, 2.45) is 0 Å². The monoisotopic (exact) mass is 429 g/mol. The van der Waals surface area contributed by atoms with Gasteiger partial charge in [0, 0.05) is 34.9 Å². The first-order valence-corrected chi connectivity index (χ1v) is 10.9. The average molecular weight is 430 g/mol. The molecule has 2 heterocycles. The molecule has 1 aliphatic heterocycles. The van der Waals surface area contributed by atoms with Gasteiger partial charge in [0.15, 0.2) is 0 Å². The SMILES string of the molecule is Cc1csc(CC(=O)NNC(=O)CN2CCCc3c(C(=O)NC(C)C)cccc32)n1. The van der Waals surface area contributed by atoms with Gasteiger partial charge in [0.25, 0.3) is 11.8 Å². The fourth-order valence-electron chi connectivity index (χ4n) is 3.44. The number of hydrazine groups is 1.